The van der Waals surface area contributed by atoms with Gasteiger partial charge >= 0.3 is 0 Å². The smallest absolute Gasteiger partial charge is 0.0722 e. The summed E-state index contributed by atoms with van der Waals surface area (Å²) in [6.45, 7) is 6.55. The van der Waals surface area contributed by atoms with Gasteiger partial charge in [-0.2, -0.15) is 0 Å². The molecule has 5 rings (SSSR count). The van der Waals surface area contributed by atoms with Gasteiger partial charge < -0.3 is 5.32 Å². The molecular formula is C27H25N. The van der Waals surface area contributed by atoms with E-state index < -0.39 is 0 Å². The zero-order valence-electron chi connectivity index (χ0n) is 16.5. The van der Waals surface area contributed by atoms with E-state index in [1.165, 1.54) is 50.2 Å². The van der Waals surface area contributed by atoms with Gasteiger partial charge in [0.05, 0.1) is 5.41 Å². The maximum absolute atomic E-state index is 4.29. The van der Waals surface area contributed by atoms with Crippen LogP contribution >= 0.6 is 0 Å². The molecule has 0 amide bonds. The zero-order valence-corrected chi connectivity index (χ0v) is 16.5. The lowest BCUT2D eigenvalue weighted by atomic mass is 9.69. The highest BCUT2D eigenvalue weighted by molar-refractivity contribution is 5.98. The molecule has 0 bridgehead atoms. The van der Waals surface area contributed by atoms with Crippen LogP contribution in [0, 0.1) is 0 Å². The minimum Gasteiger partial charge on any atom is -0.388 e. The number of rotatable bonds is 4. The molecule has 28 heavy (non-hydrogen) atoms. The maximum Gasteiger partial charge on any atom is 0.0722 e. The second-order valence-corrected chi connectivity index (χ2v) is 7.67. The highest BCUT2D eigenvalue weighted by Crippen LogP contribution is 2.63. The van der Waals surface area contributed by atoms with Crippen molar-refractivity contribution in [2.45, 2.75) is 25.2 Å². The molecule has 1 spiro atoms. The van der Waals surface area contributed by atoms with Gasteiger partial charge in [0.25, 0.3) is 0 Å². The van der Waals surface area contributed by atoms with Gasteiger partial charge in [-0.15, -0.1) is 0 Å². The summed E-state index contributed by atoms with van der Waals surface area (Å²) in [5.74, 6) is 0. The van der Waals surface area contributed by atoms with Gasteiger partial charge in [0.1, 0.15) is 0 Å². The number of hydrogen-bond donors (Lipinski definition) is 1. The number of allylic oxidation sites excluding steroid dienone is 3. The van der Waals surface area contributed by atoms with Crippen molar-refractivity contribution in [2.75, 3.05) is 12.4 Å². The molecule has 2 aliphatic carbocycles. The Morgan fingerprint density at radius 3 is 2.18 bits per heavy atom. The third kappa shape index (κ3) is 1.91. The number of nitrogens with one attached hydrogen (secondary N) is 1. The predicted octanol–water partition coefficient (Wildman–Crippen LogP) is 6.80. The molecule has 0 saturated heterocycles. The Balaban J connectivity index is 1.99. The Labute approximate surface area is 167 Å². The topological polar surface area (TPSA) is 12.0 Å². The summed E-state index contributed by atoms with van der Waals surface area (Å²) < 4.78 is 0. The van der Waals surface area contributed by atoms with Crippen molar-refractivity contribution in [2.24, 2.45) is 0 Å². The summed E-state index contributed by atoms with van der Waals surface area (Å²) in [6.07, 6.45) is 4.31. The number of fused-ring (bicyclic) bond motifs is 7. The molecule has 1 unspecified atom stereocenters. The minimum atomic E-state index is -0.262. The van der Waals surface area contributed by atoms with E-state index in [4.69, 9.17) is 0 Å². The van der Waals surface area contributed by atoms with Gasteiger partial charge in [0.2, 0.25) is 0 Å². The van der Waals surface area contributed by atoms with E-state index in [2.05, 4.69) is 91.6 Å². The number of hydrogen-bond acceptors (Lipinski definition) is 1. The summed E-state index contributed by atoms with van der Waals surface area (Å²) in [7, 11) is 2.01. The van der Waals surface area contributed by atoms with Gasteiger partial charge in [-0.05, 0) is 51.5 Å². The van der Waals surface area contributed by atoms with E-state index in [0.717, 1.165) is 12.8 Å². The van der Waals surface area contributed by atoms with Crippen molar-refractivity contribution >= 4 is 11.3 Å². The van der Waals surface area contributed by atoms with Crippen LogP contribution < -0.4 is 5.32 Å². The first kappa shape index (κ1) is 17.1. The normalized spacial score (nSPS) is 18.8. The van der Waals surface area contributed by atoms with Gasteiger partial charge in [-0.25, -0.2) is 0 Å². The van der Waals surface area contributed by atoms with E-state index >= 15 is 0 Å². The van der Waals surface area contributed by atoms with Crippen molar-refractivity contribution in [1.29, 1.82) is 0 Å². The third-order valence-corrected chi connectivity index (χ3v) is 6.43. The Morgan fingerprint density at radius 2 is 1.50 bits per heavy atom. The first-order chi connectivity index (χ1) is 13.8. The summed E-state index contributed by atoms with van der Waals surface area (Å²) in [5, 5.41) is 3.43. The van der Waals surface area contributed by atoms with Crippen molar-refractivity contribution in [3.05, 3.63) is 107 Å². The van der Waals surface area contributed by atoms with Gasteiger partial charge in [-0.1, -0.05) is 86.7 Å². The molecule has 1 heteroatoms. The second-order valence-electron chi connectivity index (χ2n) is 7.67. The fourth-order valence-corrected chi connectivity index (χ4v) is 5.50. The van der Waals surface area contributed by atoms with Crippen LogP contribution in [0.1, 0.15) is 42.0 Å². The summed E-state index contributed by atoms with van der Waals surface area (Å²) in [5.41, 5.74) is 11.9. The molecule has 3 aromatic rings. The van der Waals surface area contributed by atoms with Crippen molar-refractivity contribution in [3.63, 3.8) is 0 Å². The Morgan fingerprint density at radius 1 is 0.857 bits per heavy atom. The predicted molar refractivity (Wildman–Crippen MR) is 120 cm³/mol. The second kappa shape index (κ2) is 6.24. The molecule has 1 atom stereocenters. The Hall–Kier alpha value is -3.06. The van der Waals surface area contributed by atoms with Crippen LogP contribution in [0.4, 0.5) is 5.69 Å². The first-order valence-corrected chi connectivity index (χ1v) is 10.2. The van der Waals surface area contributed by atoms with Crippen molar-refractivity contribution in [3.8, 4) is 11.1 Å². The van der Waals surface area contributed by atoms with Gasteiger partial charge in [0.15, 0.2) is 0 Å². The van der Waals surface area contributed by atoms with Crippen LogP contribution in [0.5, 0.6) is 0 Å². The molecular weight excluding hydrogens is 338 g/mol. The molecule has 0 saturated carbocycles. The van der Waals surface area contributed by atoms with Crippen LogP contribution in [0.25, 0.3) is 16.7 Å². The first-order valence-electron chi connectivity index (χ1n) is 10.2. The molecule has 0 radical (unpaired) electrons. The quantitative estimate of drug-likeness (QED) is 0.538. The highest BCUT2D eigenvalue weighted by atomic mass is 14.8. The van der Waals surface area contributed by atoms with Gasteiger partial charge in [0, 0.05) is 18.3 Å². The zero-order chi connectivity index (χ0) is 19.3. The van der Waals surface area contributed by atoms with Crippen LogP contribution in [0.2, 0.25) is 0 Å². The lowest BCUT2D eigenvalue weighted by molar-refractivity contribution is 0.785. The van der Waals surface area contributed by atoms with Crippen molar-refractivity contribution < 1.29 is 0 Å². The molecule has 1 N–H and O–H groups in total. The Kier molecular flexibility index (Phi) is 3.80. The molecule has 0 heterocycles. The van der Waals surface area contributed by atoms with Crippen LogP contribution in [0.3, 0.4) is 0 Å². The molecule has 0 fully saturated rings. The van der Waals surface area contributed by atoms with Gasteiger partial charge in [-0.3, -0.25) is 0 Å². The standard InChI is InChI=1S/C27H25N/c1-4-11-18-19-12-6-8-14-22(19)27(21(18)5-2)23-15-9-7-13-20(23)26-24(27)16-10-17-25(26)28-3/h5-10,12-17,28H,2,4,11H2,1,3H3. The third-order valence-electron chi connectivity index (χ3n) is 6.43. The summed E-state index contributed by atoms with van der Waals surface area (Å²) in [4.78, 5) is 0. The summed E-state index contributed by atoms with van der Waals surface area (Å²) >= 11 is 0. The average molecular weight is 364 g/mol. The van der Waals surface area contributed by atoms with Crippen molar-refractivity contribution in [1.82, 2.24) is 0 Å². The fraction of sp³-hybridized carbons (Fsp3) is 0.185. The summed E-state index contributed by atoms with van der Waals surface area (Å²) in [6, 6.07) is 24.5. The van der Waals surface area contributed by atoms with Crippen LogP contribution in [0.15, 0.2) is 85.0 Å². The molecule has 1 nitrogen and oxygen atoms in total. The number of benzene rings is 3. The minimum absolute atomic E-state index is 0.262. The van der Waals surface area contributed by atoms with E-state index in [1.54, 1.807) is 0 Å². The van der Waals surface area contributed by atoms with Crippen LogP contribution in [-0.2, 0) is 5.41 Å². The van der Waals surface area contributed by atoms with Crippen LogP contribution in [-0.4, -0.2) is 7.05 Å². The van der Waals surface area contributed by atoms with E-state index in [9.17, 15) is 0 Å². The van der Waals surface area contributed by atoms with E-state index in [0.29, 0.717) is 0 Å². The number of anilines is 1. The molecule has 2 aliphatic rings. The largest absolute Gasteiger partial charge is 0.388 e. The maximum atomic E-state index is 4.29. The average Bonchev–Trinajstić information content (AvgIpc) is 3.20. The molecule has 138 valence electrons. The molecule has 3 aromatic carbocycles. The monoisotopic (exact) mass is 363 g/mol. The van der Waals surface area contributed by atoms with E-state index in [-0.39, 0.29) is 5.41 Å². The fourth-order valence-electron chi connectivity index (χ4n) is 5.50. The molecule has 0 aromatic heterocycles. The highest BCUT2D eigenvalue weighted by Gasteiger charge is 2.52. The lowest BCUT2D eigenvalue weighted by Crippen LogP contribution is -2.26. The molecule has 0 aliphatic heterocycles. The lowest BCUT2D eigenvalue weighted by Gasteiger charge is -2.31. The Bertz CT molecular complexity index is 1130. The SMILES string of the molecule is C=CC1=C(CCC)c2ccccc2C12c1ccccc1-c1c(NC)cccc12. The van der Waals surface area contributed by atoms with E-state index in [1.807, 2.05) is 7.05 Å².